The van der Waals surface area contributed by atoms with Crippen LogP contribution in [0.25, 0.3) is 11.3 Å². The van der Waals surface area contributed by atoms with E-state index in [-0.39, 0.29) is 0 Å². The Balaban J connectivity index is 1.55. The molecule has 1 aliphatic carbocycles. The van der Waals surface area contributed by atoms with Gasteiger partial charge in [0.2, 0.25) is 5.95 Å². The molecule has 1 unspecified atom stereocenters. The van der Waals surface area contributed by atoms with Crippen LogP contribution >= 0.6 is 0 Å². The van der Waals surface area contributed by atoms with Crippen LogP contribution in [0.3, 0.4) is 0 Å². The van der Waals surface area contributed by atoms with Gasteiger partial charge in [0.1, 0.15) is 5.82 Å². The first-order valence-corrected chi connectivity index (χ1v) is 8.43. The summed E-state index contributed by atoms with van der Waals surface area (Å²) >= 11 is 0. The van der Waals surface area contributed by atoms with Crippen molar-refractivity contribution in [3.8, 4) is 11.3 Å². The normalized spacial score (nSPS) is 20.4. The molecule has 0 amide bonds. The SMILES string of the molecule is c1ccc(-c2cc(NCC3CCCO3)nc(NC3CC3)n2)cc1. The highest BCUT2D eigenvalue weighted by atomic mass is 16.5. The van der Waals surface area contributed by atoms with Crippen LogP contribution in [0.2, 0.25) is 0 Å². The van der Waals surface area contributed by atoms with E-state index in [0.717, 1.165) is 43.1 Å². The summed E-state index contributed by atoms with van der Waals surface area (Å²) in [6, 6.07) is 12.8. The number of ether oxygens (including phenoxy) is 1. The first-order chi connectivity index (χ1) is 11.4. The van der Waals surface area contributed by atoms with Crippen molar-refractivity contribution in [2.75, 3.05) is 23.8 Å². The highest BCUT2D eigenvalue weighted by molar-refractivity contribution is 5.64. The van der Waals surface area contributed by atoms with E-state index in [4.69, 9.17) is 4.74 Å². The monoisotopic (exact) mass is 310 g/mol. The van der Waals surface area contributed by atoms with Crippen molar-refractivity contribution in [2.24, 2.45) is 0 Å². The molecule has 5 heteroatoms. The van der Waals surface area contributed by atoms with E-state index in [9.17, 15) is 0 Å². The van der Waals surface area contributed by atoms with Crippen molar-refractivity contribution in [1.82, 2.24) is 9.97 Å². The van der Waals surface area contributed by atoms with Crippen LogP contribution in [0.4, 0.5) is 11.8 Å². The molecule has 1 atom stereocenters. The number of nitrogens with zero attached hydrogens (tertiary/aromatic N) is 2. The zero-order valence-electron chi connectivity index (χ0n) is 13.2. The topological polar surface area (TPSA) is 59.1 Å². The minimum atomic E-state index is 0.296. The summed E-state index contributed by atoms with van der Waals surface area (Å²) in [5.41, 5.74) is 2.05. The predicted molar refractivity (Wildman–Crippen MR) is 91.6 cm³/mol. The molecule has 0 spiro atoms. The number of anilines is 2. The second-order valence-electron chi connectivity index (χ2n) is 6.26. The van der Waals surface area contributed by atoms with E-state index in [1.165, 1.54) is 12.8 Å². The van der Waals surface area contributed by atoms with Gasteiger partial charge in [-0.1, -0.05) is 30.3 Å². The maximum absolute atomic E-state index is 5.67. The van der Waals surface area contributed by atoms with Crippen molar-refractivity contribution in [2.45, 2.75) is 37.8 Å². The minimum absolute atomic E-state index is 0.296. The third-order valence-corrected chi connectivity index (χ3v) is 4.24. The van der Waals surface area contributed by atoms with Crippen LogP contribution in [0.1, 0.15) is 25.7 Å². The van der Waals surface area contributed by atoms with Gasteiger partial charge >= 0.3 is 0 Å². The summed E-state index contributed by atoms with van der Waals surface area (Å²) in [4.78, 5) is 9.28. The van der Waals surface area contributed by atoms with Gasteiger partial charge in [-0.3, -0.25) is 0 Å². The van der Waals surface area contributed by atoms with E-state index in [2.05, 4.69) is 32.7 Å². The van der Waals surface area contributed by atoms with E-state index in [0.29, 0.717) is 18.1 Å². The van der Waals surface area contributed by atoms with Gasteiger partial charge < -0.3 is 15.4 Å². The van der Waals surface area contributed by atoms with Crippen LogP contribution in [-0.4, -0.2) is 35.3 Å². The fourth-order valence-corrected chi connectivity index (χ4v) is 2.79. The lowest BCUT2D eigenvalue weighted by molar-refractivity contribution is 0.120. The highest BCUT2D eigenvalue weighted by Crippen LogP contribution is 2.26. The summed E-state index contributed by atoms with van der Waals surface area (Å²) in [7, 11) is 0. The third kappa shape index (κ3) is 3.79. The fraction of sp³-hybridized carbons (Fsp3) is 0.444. The predicted octanol–water partition coefficient (Wildman–Crippen LogP) is 3.31. The van der Waals surface area contributed by atoms with Crippen molar-refractivity contribution in [3.05, 3.63) is 36.4 Å². The lowest BCUT2D eigenvalue weighted by atomic mass is 10.1. The van der Waals surface area contributed by atoms with E-state index in [1.54, 1.807) is 0 Å². The summed E-state index contributed by atoms with van der Waals surface area (Å²) in [5.74, 6) is 1.57. The largest absolute Gasteiger partial charge is 0.376 e. The Bertz CT molecular complexity index is 651. The number of benzene rings is 1. The number of hydrogen-bond donors (Lipinski definition) is 2. The van der Waals surface area contributed by atoms with Gasteiger partial charge in [0, 0.05) is 30.8 Å². The number of nitrogens with one attached hydrogen (secondary N) is 2. The van der Waals surface area contributed by atoms with Crippen molar-refractivity contribution in [3.63, 3.8) is 0 Å². The number of rotatable bonds is 6. The quantitative estimate of drug-likeness (QED) is 0.857. The molecule has 2 aliphatic rings. The van der Waals surface area contributed by atoms with Gasteiger partial charge in [0.25, 0.3) is 0 Å². The molecule has 2 fully saturated rings. The maximum atomic E-state index is 5.67. The molecule has 0 bridgehead atoms. The van der Waals surface area contributed by atoms with Crippen molar-refractivity contribution >= 4 is 11.8 Å². The molecule has 1 saturated carbocycles. The van der Waals surface area contributed by atoms with Crippen LogP contribution in [0.5, 0.6) is 0 Å². The molecule has 1 saturated heterocycles. The average molecular weight is 310 g/mol. The molecular weight excluding hydrogens is 288 g/mol. The maximum Gasteiger partial charge on any atom is 0.225 e. The molecule has 1 aliphatic heterocycles. The van der Waals surface area contributed by atoms with Crippen LogP contribution in [0.15, 0.2) is 36.4 Å². The van der Waals surface area contributed by atoms with Gasteiger partial charge in [-0.05, 0) is 25.7 Å². The third-order valence-electron chi connectivity index (χ3n) is 4.24. The van der Waals surface area contributed by atoms with Gasteiger partial charge in [-0.25, -0.2) is 4.98 Å². The van der Waals surface area contributed by atoms with Crippen molar-refractivity contribution < 1.29 is 4.74 Å². The zero-order chi connectivity index (χ0) is 15.5. The molecule has 23 heavy (non-hydrogen) atoms. The number of hydrogen-bond acceptors (Lipinski definition) is 5. The molecule has 120 valence electrons. The van der Waals surface area contributed by atoms with Crippen molar-refractivity contribution in [1.29, 1.82) is 0 Å². The second kappa shape index (κ2) is 6.54. The molecule has 1 aromatic heterocycles. The Kier molecular flexibility index (Phi) is 4.11. The molecule has 1 aromatic carbocycles. The Morgan fingerprint density at radius 3 is 2.70 bits per heavy atom. The first kappa shape index (κ1) is 14.5. The molecule has 2 aromatic rings. The smallest absolute Gasteiger partial charge is 0.225 e. The molecule has 2 N–H and O–H groups in total. The van der Waals surface area contributed by atoms with Gasteiger partial charge in [-0.15, -0.1) is 0 Å². The standard InChI is InChI=1S/C18H22N4O/c1-2-5-13(6-3-1)16-11-17(19-12-15-7-4-10-23-15)22-18(21-16)20-14-8-9-14/h1-3,5-6,11,14-15H,4,7-10,12H2,(H2,19,20,21,22). The van der Waals surface area contributed by atoms with Gasteiger partial charge in [-0.2, -0.15) is 4.98 Å². The Hall–Kier alpha value is -2.14. The van der Waals surface area contributed by atoms with Gasteiger partial charge in [0.15, 0.2) is 0 Å². The Labute approximate surface area is 136 Å². The van der Waals surface area contributed by atoms with E-state index < -0.39 is 0 Å². The zero-order valence-corrected chi connectivity index (χ0v) is 13.2. The van der Waals surface area contributed by atoms with Crippen LogP contribution < -0.4 is 10.6 Å². The fourth-order valence-electron chi connectivity index (χ4n) is 2.79. The van der Waals surface area contributed by atoms with Gasteiger partial charge in [0.05, 0.1) is 11.8 Å². The Morgan fingerprint density at radius 2 is 1.96 bits per heavy atom. The molecule has 4 rings (SSSR count). The average Bonchev–Trinajstić information content (AvgIpc) is 3.25. The molecule has 2 heterocycles. The summed E-state index contributed by atoms with van der Waals surface area (Å²) < 4.78 is 5.67. The van der Waals surface area contributed by atoms with E-state index >= 15 is 0 Å². The summed E-state index contributed by atoms with van der Waals surface area (Å²) in [6.07, 6.45) is 4.98. The van der Waals surface area contributed by atoms with Crippen LogP contribution in [-0.2, 0) is 4.74 Å². The lowest BCUT2D eigenvalue weighted by Gasteiger charge is -2.14. The number of aromatic nitrogens is 2. The second-order valence-corrected chi connectivity index (χ2v) is 6.26. The summed E-state index contributed by atoms with van der Waals surface area (Å²) in [6.45, 7) is 1.67. The molecular formula is C18H22N4O. The lowest BCUT2D eigenvalue weighted by Crippen LogP contribution is -2.19. The van der Waals surface area contributed by atoms with Crippen LogP contribution in [0, 0.1) is 0 Å². The highest BCUT2D eigenvalue weighted by Gasteiger charge is 2.22. The summed E-state index contributed by atoms with van der Waals surface area (Å²) in [5, 5.41) is 6.82. The molecule has 5 nitrogen and oxygen atoms in total. The first-order valence-electron chi connectivity index (χ1n) is 8.43. The minimum Gasteiger partial charge on any atom is -0.376 e. The van der Waals surface area contributed by atoms with E-state index in [1.807, 2.05) is 24.3 Å². The molecule has 0 radical (unpaired) electrons. The Morgan fingerprint density at radius 1 is 1.09 bits per heavy atom.